The molecule has 2 atom stereocenters. The molecule has 0 spiro atoms. The number of fused-ring (bicyclic) bond motifs is 1. The smallest absolute Gasteiger partial charge is 0.339 e. The number of carbonyl (C=O) groups is 1. The van der Waals surface area contributed by atoms with E-state index >= 15 is 0 Å². The van der Waals surface area contributed by atoms with Gasteiger partial charge in [0.25, 0.3) is 0 Å². The average Bonchev–Trinajstić information content (AvgIpc) is 3.21. The number of hydrogen-bond acceptors (Lipinski definition) is 8. The van der Waals surface area contributed by atoms with E-state index in [0.717, 1.165) is 25.0 Å². The van der Waals surface area contributed by atoms with Gasteiger partial charge in [-0.3, -0.25) is 4.79 Å². The lowest BCUT2D eigenvalue weighted by Gasteiger charge is -2.34. The van der Waals surface area contributed by atoms with E-state index in [2.05, 4.69) is 9.97 Å². The van der Waals surface area contributed by atoms with Gasteiger partial charge in [0.1, 0.15) is 22.8 Å². The van der Waals surface area contributed by atoms with Gasteiger partial charge in [-0.25, -0.2) is 18.7 Å². The van der Waals surface area contributed by atoms with Crippen LogP contribution in [-0.4, -0.2) is 60.9 Å². The standard InChI is InChI=1S/C23H23F2N5O4S/c24-17-7-5-15(10-18(17)25)35(32,33)34-14-4-6-16-20(9-14)27-13-28-23(16)29-11-19(26)21(12-29)30-8-2-1-3-22(30)31/h4-7,9-10,13,19,21H,1-3,8,11-12,26H2/t19-,21-/m0/s1. The predicted molar refractivity (Wildman–Crippen MR) is 123 cm³/mol. The van der Waals surface area contributed by atoms with Crippen LogP contribution in [0.3, 0.4) is 0 Å². The monoisotopic (exact) mass is 503 g/mol. The van der Waals surface area contributed by atoms with E-state index in [1.807, 2.05) is 9.80 Å². The fourth-order valence-electron chi connectivity index (χ4n) is 4.63. The highest BCUT2D eigenvalue weighted by Gasteiger charge is 2.38. The van der Waals surface area contributed by atoms with Crippen LogP contribution in [-0.2, 0) is 14.9 Å². The van der Waals surface area contributed by atoms with Gasteiger partial charge in [-0.15, -0.1) is 0 Å². The van der Waals surface area contributed by atoms with E-state index < -0.39 is 26.6 Å². The first kappa shape index (κ1) is 23.4. The van der Waals surface area contributed by atoms with Crippen LogP contribution in [0.25, 0.3) is 10.9 Å². The maximum Gasteiger partial charge on any atom is 0.339 e. The van der Waals surface area contributed by atoms with Crippen molar-refractivity contribution < 1.29 is 26.2 Å². The van der Waals surface area contributed by atoms with Crippen LogP contribution in [0.5, 0.6) is 5.75 Å². The number of piperidine rings is 1. The van der Waals surface area contributed by atoms with E-state index in [4.69, 9.17) is 9.92 Å². The zero-order valence-electron chi connectivity index (χ0n) is 18.6. The highest BCUT2D eigenvalue weighted by Crippen LogP contribution is 2.31. The van der Waals surface area contributed by atoms with Crippen molar-refractivity contribution in [3.05, 3.63) is 54.4 Å². The first-order valence-corrected chi connectivity index (χ1v) is 12.6. The Morgan fingerprint density at radius 3 is 2.63 bits per heavy atom. The molecular formula is C23H23F2N5O4S. The number of nitrogens with zero attached hydrogens (tertiary/aromatic N) is 4. The van der Waals surface area contributed by atoms with Crippen LogP contribution in [0.4, 0.5) is 14.6 Å². The van der Waals surface area contributed by atoms with Crippen molar-refractivity contribution >= 4 is 32.7 Å². The largest absolute Gasteiger partial charge is 0.379 e. The summed E-state index contributed by atoms with van der Waals surface area (Å²) in [5, 5.41) is 0.655. The van der Waals surface area contributed by atoms with E-state index in [-0.39, 0.29) is 23.7 Å². The maximum absolute atomic E-state index is 13.5. The molecule has 35 heavy (non-hydrogen) atoms. The molecule has 12 heteroatoms. The Labute approximate surface area is 200 Å². The van der Waals surface area contributed by atoms with Gasteiger partial charge in [0, 0.05) is 43.5 Å². The van der Waals surface area contributed by atoms with Crippen LogP contribution < -0.4 is 14.8 Å². The number of nitrogens with two attached hydrogens (primary N) is 1. The molecule has 2 aliphatic rings. The molecule has 1 aromatic heterocycles. The predicted octanol–water partition coefficient (Wildman–Crippen LogP) is 2.20. The number of halogens is 2. The maximum atomic E-state index is 13.5. The van der Waals surface area contributed by atoms with E-state index in [1.54, 1.807) is 6.07 Å². The highest BCUT2D eigenvalue weighted by atomic mass is 32.2. The molecule has 1 amide bonds. The average molecular weight is 504 g/mol. The van der Waals surface area contributed by atoms with Gasteiger partial charge in [0.05, 0.1) is 11.6 Å². The third kappa shape index (κ3) is 4.50. The summed E-state index contributed by atoms with van der Waals surface area (Å²) in [4.78, 5) is 24.4. The summed E-state index contributed by atoms with van der Waals surface area (Å²) < 4.78 is 56.9. The minimum Gasteiger partial charge on any atom is -0.379 e. The van der Waals surface area contributed by atoms with Gasteiger partial charge >= 0.3 is 10.1 Å². The number of rotatable bonds is 5. The lowest BCUT2D eigenvalue weighted by molar-refractivity contribution is -0.135. The molecule has 0 radical (unpaired) electrons. The summed E-state index contributed by atoms with van der Waals surface area (Å²) in [6.07, 6.45) is 3.75. The molecule has 5 rings (SSSR count). The molecule has 2 N–H and O–H groups in total. The minimum atomic E-state index is -4.39. The Bertz CT molecular complexity index is 1400. The van der Waals surface area contributed by atoms with Crippen molar-refractivity contribution in [2.24, 2.45) is 5.73 Å². The molecule has 0 unspecified atom stereocenters. The molecule has 184 valence electrons. The third-order valence-electron chi connectivity index (χ3n) is 6.37. The van der Waals surface area contributed by atoms with Crippen molar-refractivity contribution in [3.63, 3.8) is 0 Å². The van der Waals surface area contributed by atoms with Crippen LogP contribution in [0.15, 0.2) is 47.6 Å². The van der Waals surface area contributed by atoms with Crippen LogP contribution in [0.2, 0.25) is 0 Å². The molecule has 0 bridgehead atoms. The van der Waals surface area contributed by atoms with Crippen molar-refractivity contribution in [1.82, 2.24) is 14.9 Å². The molecule has 2 aromatic carbocycles. The van der Waals surface area contributed by atoms with Gasteiger partial charge < -0.3 is 19.7 Å². The zero-order valence-corrected chi connectivity index (χ0v) is 19.4. The molecule has 2 fully saturated rings. The van der Waals surface area contributed by atoms with Gasteiger partial charge in [-0.1, -0.05) is 0 Å². The third-order valence-corrected chi connectivity index (χ3v) is 7.61. The van der Waals surface area contributed by atoms with Gasteiger partial charge in [0.2, 0.25) is 5.91 Å². The minimum absolute atomic E-state index is 0.0400. The second kappa shape index (κ2) is 9.00. The van der Waals surface area contributed by atoms with Crippen molar-refractivity contribution in [3.8, 4) is 5.75 Å². The van der Waals surface area contributed by atoms with Crippen molar-refractivity contribution in [1.29, 1.82) is 0 Å². The van der Waals surface area contributed by atoms with E-state index in [0.29, 0.717) is 48.8 Å². The number of likely N-dealkylation sites (tertiary alicyclic amines) is 1. The molecule has 9 nitrogen and oxygen atoms in total. The first-order valence-electron chi connectivity index (χ1n) is 11.2. The Morgan fingerprint density at radius 1 is 1.03 bits per heavy atom. The Hall–Kier alpha value is -3.38. The topological polar surface area (TPSA) is 119 Å². The summed E-state index contributed by atoms with van der Waals surface area (Å²) in [5.74, 6) is -1.75. The van der Waals surface area contributed by atoms with Crippen LogP contribution in [0, 0.1) is 11.6 Å². The lowest BCUT2D eigenvalue weighted by Crippen LogP contribution is -2.51. The van der Waals surface area contributed by atoms with Crippen LogP contribution in [0.1, 0.15) is 19.3 Å². The van der Waals surface area contributed by atoms with Crippen molar-refractivity contribution in [2.45, 2.75) is 36.2 Å². The zero-order chi connectivity index (χ0) is 24.7. The Balaban J connectivity index is 1.39. The SMILES string of the molecule is N[C@H]1CN(c2ncnc3cc(OS(=O)(=O)c4ccc(F)c(F)c4)ccc23)C[C@@H]1N1CCCCC1=O. The van der Waals surface area contributed by atoms with Crippen LogP contribution >= 0.6 is 0 Å². The molecule has 2 aliphatic heterocycles. The summed E-state index contributed by atoms with van der Waals surface area (Å²) >= 11 is 0. The lowest BCUT2D eigenvalue weighted by atomic mass is 10.1. The van der Waals surface area contributed by atoms with Gasteiger partial charge in [0.15, 0.2) is 11.6 Å². The Kier molecular flexibility index (Phi) is 6.01. The Morgan fingerprint density at radius 2 is 1.86 bits per heavy atom. The molecule has 0 saturated carbocycles. The number of carbonyl (C=O) groups excluding carboxylic acids is 1. The number of aromatic nitrogens is 2. The van der Waals surface area contributed by atoms with E-state index in [9.17, 15) is 22.0 Å². The number of amides is 1. The fraction of sp³-hybridized carbons (Fsp3) is 0.348. The molecule has 3 heterocycles. The molecule has 2 saturated heterocycles. The number of hydrogen-bond donors (Lipinski definition) is 1. The fourth-order valence-corrected chi connectivity index (χ4v) is 5.56. The molecule has 0 aliphatic carbocycles. The molecular weight excluding hydrogens is 480 g/mol. The van der Waals surface area contributed by atoms with Gasteiger partial charge in [-0.2, -0.15) is 8.42 Å². The number of benzene rings is 2. The quantitative estimate of drug-likeness (QED) is 0.527. The second-order valence-corrected chi connectivity index (χ2v) is 10.2. The summed E-state index contributed by atoms with van der Waals surface area (Å²) in [7, 11) is -4.39. The van der Waals surface area contributed by atoms with Gasteiger partial charge in [-0.05, 0) is 43.2 Å². The normalized spacial score (nSPS) is 21.1. The molecule has 3 aromatic rings. The first-order chi connectivity index (χ1) is 16.7. The summed E-state index contributed by atoms with van der Waals surface area (Å²) in [5.41, 5.74) is 6.83. The van der Waals surface area contributed by atoms with E-state index in [1.165, 1.54) is 18.5 Å². The summed E-state index contributed by atoms with van der Waals surface area (Å²) in [6, 6.07) is 6.36. The number of anilines is 1. The highest BCUT2D eigenvalue weighted by molar-refractivity contribution is 7.87. The summed E-state index contributed by atoms with van der Waals surface area (Å²) in [6.45, 7) is 1.73. The van der Waals surface area contributed by atoms with Crippen molar-refractivity contribution in [2.75, 3.05) is 24.5 Å². The second-order valence-electron chi connectivity index (χ2n) is 8.67.